The van der Waals surface area contributed by atoms with Crippen LogP contribution in [0.1, 0.15) is 38.5 Å². The molecule has 0 aliphatic heterocycles. The lowest BCUT2D eigenvalue weighted by Crippen LogP contribution is -2.34. The summed E-state index contributed by atoms with van der Waals surface area (Å²) < 4.78 is 0. The average Bonchev–Trinajstić information content (AvgIpc) is 2.28. The molecule has 0 atom stereocenters. The van der Waals surface area contributed by atoms with E-state index >= 15 is 0 Å². The van der Waals surface area contributed by atoms with Crippen molar-refractivity contribution in [1.29, 1.82) is 0 Å². The van der Waals surface area contributed by atoms with Gasteiger partial charge in [-0.05, 0) is 38.5 Å². The van der Waals surface area contributed by atoms with Crippen LogP contribution in [0.3, 0.4) is 0 Å². The van der Waals surface area contributed by atoms with Crippen molar-refractivity contribution < 1.29 is 10.2 Å². The Morgan fingerprint density at radius 2 is 0.833 bits per heavy atom. The average molecular weight is 250 g/mol. The van der Waals surface area contributed by atoms with Crippen LogP contribution < -0.4 is 0 Å². The van der Waals surface area contributed by atoms with E-state index in [1.54, 1.807) is 24.3 Å². The van der Waals surface area contributed by atoms with Gasteiger partial charge in [-0.3, -0.25) is 0 Å². The van der Waals surface area contributed by atoms with Gasteiger partial charge in [0.1, 0.15) is 0 Å². The molecule has 2 heteroatoms. The summed E-state index contributed by atoms with van der Waals surface area (Å²) in [6.07, 6.45) is 9.79. The van der Waals surface area contributed by atoms with Gasteiger partial charge in [-0.15, -0.1) is 26.3 Å². The fraction of sp³-hybridized carbons (Fsp3) is 0.500. The fourth-order valence-electron chi connectivity index (χ4n) is 2.11. The smallest absolute Gasteiger partial charge is 0.0717 e. The van der Waals surface area contributed by atoms with E-state index in [0.29, 0.717) is 38.5 Å². The molecular formula is C16H26O2. The number of hydrogen-bond donors (Lipinski definition) is 2. The minimum atomic E-state index is -0.861. The quantitative estimate of drug-likeness (QED) is 0.551. The van der Waals surface area contributed by atoms with Crippen molar-refractivity contribution in [1.82, 2.24) is 0 Å². The van der Waals surface area contributed by atoms with E-state index in [0.717, 1.165) is 0 Å². The Hall–Kier alpha value is -1.12. The fourth-order valence-corrected chi connectivity index (χ4v) is 2.11. The minimum absolute atomic E-state index is 0.497. The van der Waals surface area contributed by atoms with E-state index in [1.807, 2.05) is 0 Å². The molecular weight excluding hydrogens is 224 g/mol. The molecule has 0 heterocycles. The van der Waals surface area contributed by atoms with Gasteiger partial charge in [-0.2, -0.15) is 0 Å². The highest BCUT2D eigenvalue weighted by Crippen LogP contribution is 2.30. The van der Waals surface area contributed by atoms with Gasteiger partial charge in [0.15, 0.2) is 0 Å². The molecule has 0 saturated heterocycles. The summed E-state index contributed by atoms with van der Waals surface area (Å²) in [6.45, 7) is 14.6. The standard InChI is InChI=1S/C16H26O2/c1-5-9-15(17,10-6-2)13-14-16(18,11-7-3)12-8-4/h5-8,17-18H,1-4,9-14H2. The Morgan fingerprint density at radius 3 is 1.00 bits per heavy atom. The molecule has 0 spiro atoms. The van der Waals surface area contributed by atoms with Crippen molar-refractivity contribution in [2.24, 2.45) is 0 Å². The van der Waals surface area contributed by atoms with Crippen LogP contribution in [0.25, 0.3) is 0 Å². The van der Waals surface area contributed by atoms with Crippen LogP contribution in [0.4, 0.5) is 0 Å². The molecule has 0 aromatic carbocycles. The van der Waals surface area contributed by atoms with Crippen LogP contribution in [0, 0.1) is 0 Å². The number of rotatable bonds is 11. The van der Waals surface area contributed by atoms with Gasteiger partial charge >= 0.3 is 0 Å². The zero-order chi connectivity index (χ0) is 14.1. The molecule has 0 aliphatic carbocycles. The van der Waals surface area contributed by atoms with E-state index in [2.05, 4.69) is 26.3 Å². The van der Waals surface area contributed by atoms with Gasteiger partial charge in [-0.1, -0.05) is 24.3 Å². The molecule has 0 radical (unpaired) electrons. The Labute approximate surface area is 111 Å². The molecule has 2 nitrogen and oxygen atoms in total. The third-order valence-electron chi connectivity index (χ3n) is 3.15. The van der Waals surface area contributed by atoms with Crippen molar-refractivity contribution in [3.8, 4) is 0 Å². The molecule has 18 heavy (non-hydrogen) atoms. The summed E-state index contributed by atoms with van der Waals surface area (Å²) in [7, 11) is 0. The molecule has 0 saturated carbocycles. The lowest BCUT2D eigenvalue weighted by atomic mass is 9.82. The van der Waals surface area contributed by atoms with Crippen molar-refractivity contribution in [3.05, 3.63) is 50.6 Å². The summed E-state index contributed by atoms with van der Waals surface area (Å²) in [5.41, 5.74) is -1.72. The highest BCUT2D eigenvalue weighted by Gasteiger charge is 2.30. The van der Waals surface area contributed by atoms with Gasteiger partial charge in [0.05, 0.1) is 11.2 Å². The molecule has 0 fully saturated rings. The van der Waals surface area contributed by atoms with Crippen LogP contribution in [0.2, 0.25) is 0 Å². The normalized spacial score (nSPS) is 11.9. The molecule has 0 amide bonds. The maximum atomic E-state index is 10.4. The van der Waals surface area contributed by atoms with E-state index < -0.39 is 11.2 Å². The Kier molecular flexibility index (Phi) is 7.56. The Bertz CT molecular complexity index is 241. The summed E-state index contributed by atoms with van der Waals surface area (Å²) in [5.74, 6) is 0. The molecule has 0 rings (SSSR count). The second-order valence-corrected chi connectivity index (χ2v) is 4.92. The third kappa shape index (κ3) is 5.99. The van der Waals surface area contributed by atoms with Crippen molar-refractivity contribution >= 4 is 0 Å². The zero-order valence-electron chi connectivity index (χ0n) is 11.3. The van der Waals surface area contributed by atoms with Crippen LogP contribution in [-0.2, 0) is 0 Å². The highest BCUT2D eigenvalue weighted by molar-refractivity contribution is 4.97. The van der Waals surface area contributed by atoms with Crippen LogP contribution in [0.5, 0.6) is 0 Å². The van der Waals surface area contributed by atoms with Gasteiger partial charge < -0.3 is 10.2 Å². The molecule has 102 valence electrons. The lowest BCUT2D eigenvalue weighted by molar-refractivity contribution is -0.0156. The zero-order valence-corrected chi connectivity index (χ0v) is 11.3. The van der Waals surface area contributed by atoms with Gasteiger partial charge in [-0.25, -0.2) is 0 Å². The summed E-state index contributed by atoms with van der Waals surface area (Å²) >= 11 is 0. The lowest BCUT2D eigenvalue weighted by Gasteiger charge is -2.32. The summed E-state index contributed by atoms with van der Waals surface area (Å²) in [5, 5.41) is 20.8. The molecule has 0 aromatic heterocycles. The van der Waals surface area contributed by atoms with E-state index in [4.69, 9.17) is 0 Å². The van der Waals surface area contributed by atoms with Gasteiger partial charge in [0.2, 0.25) is 0 Å². The minimum Gasteiger partial charge on any atom is -0.389 e. The largest absolute Gasteiger partial charge is 0.389 e. The third-order valence-corrected chi connectivity index (χ3v) is 3.15. The summed E-state index contributed by atoms with van der Waals surface area (Å²) in [4.78, 5) is 0. The highest BCUT2D eigenvalue weighted by atomic mass is 16.3. The Balaban J connectivity index is 4.63. The molecule has 0 aromatic rings. The first-order chi connectivity index (χ1) is 8.45. The van der Waals surface area contributed by atoms with Crippen molar-refractivity contribution in [2.45, 2.75) is 49.7 Å². The van der Waals surface area contributed by atoms with E-state index in [9.17, 15) is 10.2 Å². The molecule has 0 unspecified atom stereocenters. The van der Waals surface area contributed by atoms with Crippen molar-refractivity contribution in [3.63, 3.8) is 0 Å². The SMILES string of the molecule is C=CCC(O)(CC=C)CCC(O)(CC=C)CC=C. The topological polar surface area (TPSA) is 40.5 Å². The van der Waals surface area contributed by atoms with Crippen LogP contribution in [-0.4, -0.2) is 21.4 Å². The van der Waals surface area contributed by atoms with E-state index in [-0.39, 0.29) is 0 Å². The maximum absolute atomic E-state index is 10.4. The predicted octanol–water partition coefficient (Wildman–Crippen LogP) is 3.53. The Morgan fingerprint density at radius 1 is 0.611 bits per heavy atom. The molecule has 2 N–H and O–H groups in total. The second kappa shape index (κ2) is 8.06. The van der Waals surface area contributed by atoms with Crippen LogP contribution >= 0.6 is 0 Å². The first-order valence-corrected chi connectivity index (χ1v) is 6.33. The first kappa shape index (κ1) is 16.9. The second-order valence-electron chi connectivity index (χ2n) is 4.92. The monoisotopic (exact) mass is 250 g/mol. The molecule has 0 bridgehead atoms. The maximum Gasteiger partial charge on any atom is 0.0717 e. The van der Waals surface area contributed by atoms with Crippen molar-refractivity contribution in [2.75, 3.05) is 0 Å². The van der Waals surface area contributed by atoms with E-state index in [1.165, 1.54) is 0 Å². The van der Waals surface area contributed by atoms with Gasteiger partial charge in [0.25, 0.3) is 0 Å². The first-order valence-electron chi connectivity index (χ1n) is 6.33. The predicted molar refractivity (Wildman–Crippen MR) is 78.4 cm³/mol. The summed E-state index contributed by atoms with van der Waals surface area (Å²) in [6, 6.07) is 0. The van der Waals surface area contributed by atoms with Crippen LogP contribution in [0.15, 0.2) is 50.6 Å². The van der Waals surface area contributed by atoms with Gasteiger partial charge in [0, 0.05) is 0 Å². The number of hydrogen-bond acceptors (Lipinski definition) is 2. The molecule has 0 aliphatic rings. The number of aliphatic hydroxyl groups is 2.